The Morgan fingerprint density at radius 3 is 2.59 bits per heavy atom. The lowest BCUT2D eigenvalue weighted by Gasteiger charge is -2.49. The molecule has 0 spiro atoms. The Hall–Kier alpha value is -4.49. The molecule has 13 heteroatoms. The van der Waals surface area contributed by atoms with Crippen LogP contribution in [0.25, 0.3) is 6.08 Å². The van der Waals surface area contributed by atoms with Gasteiger partial charge in [0.1, 0.15) is 29.5 Å². The third-order valence-corrected chi connectivity index (χ3v) is 8.93. The standard InChI is InChI=1S/C31H29N3O8S2/c1-3-40-30(37)24-15-22(42-33-24)14-11-20-17-44-29-26(32-25(35)18-43-23-7-5-4-6-8-23)28(36)34(29)27(20)31(38)41-16-19-9-12-21(39-2)13-10-19/h4-15,26,29H,3,16-18H2,1-2H3,(H,32,35)/b14-11+/t26-,29?/m1/s1. The Bertz CT molecular complexity index is 1590. The topological polar surface area (TPSA) is 137 Å². The van der Waals surface area contributed by atoms with Crippen molar-refractivity contribution in [1.29, 1.82) is 0 Å². The molecule has 44 heavy (non-hydrogen) atoms. The first-order chi connectivity index (χ1) is 21.4. The molecule has 2 amide bonds. The molecule has 0 aliphatic carbocycles. The molecule has 0 bridgehead atoms. The fourth-order valence-electron chi connectivity index (χ4n) is 4.43. The maximum absolute atomic E-state index is 13.5. The molecule has 3 aromatic rings. The summed E-state index contributed by atoms with van der Waals surface area (Å²) in [4.78, 5) is 53.8. The summed E-state index contributed by atoms with van der Waals surface area (Å²) in [7, 11) is 1.56. The molecular weight excluding hydrogens is 606 g/mol. The van der Waals surface area contributed by atoms with Crippen LogP contribution in [-0.4, -0.2) is 70.4 Å². The molecule has 2 aromatic carbocycles. The highest BCUT2D eigenvalue weighted by molar-refractivity contribution is 8.00. The average Bonchev–Trinajstić information content (AvgIpc) is 3.54. The molecular formula is C31H29N3O8S2. The number of β-lactam (4-membered cyclic amide) rings is 1. The summed E-state index contributed by atoms with van der Waals surface area (Å²) in [5.41, 5.74) is 1.35. The van der Waals surface area contributed by atoms with E-state index in [1.807, 2.05) is 30.3 Å². The lowest BCUT2D eigenvalue weighted by molar-refractivity contribution is -0.153. The number of aromatic nitrogens is 1. The van der Waals surface area contributed by atoms with E-state index in [0.717, 1.165) is 10.5 Å². The van der Waals surface area contributed by atoms with Gasteiger partial charge in [0.25, 0.3) is 5.91 Å². The van der Waals surface area contributed by atoms with Gasteiger partial charge in [0.05, 0.1) is 19.5 Å². The first-order valence-corrected chi connectivity index (χ1v) is 15.7. The summed E-state index contributed by atoms with van der Waals surface area (Å²) in [6, 6.07) is 17.2. The molecule has 228 valence electrons. The minimum Gasteiger partial charge on any atom is -0.497 e. The van der Waals surface area contributed by atoms with Crippen LogP contribution in [0.2, 0.25) is 0 Å². The quantitative estimate of drug-likeness (QED) is 0.175. The summed E-state index contributed by atoms with van der Waals surface area (Å²) in [6.45, 7) is 1.86. The number of methoxy groups -OCH3 is 1. The highest BCUT2D eigenvalue weighted by Gasteiger charge is 2.54. The first kappa shape index (κ1) is 31.0. The molecule has 3 heterocycles. The van der Waals surface area contributed by atoms with Crippen molar-refractivity contribution in [2.45, 2.75) is 29.8 Å². The van der Waals surface area contributed by atoms with Gasteiger partial charge in [-0.3, -0.25) is 14.5 Å². The number of esters is 2. The molecule has 1 saturated heterocycles. The van der Waals surface area contributed by atoms with Gasteiger partial charge in [0, 0.05) is 16.7 Å². The number of hydrogen-bond acceptors (Lipinski definition) is 11. The van der Waals surface area contributed by atoms with Gasteiger partial charge in [-0.25, -0.2) is 9.59 Å². The van der Waals surface area contributed by atoms with Crippen LogP contribution in [-0.2, 0) is 30.5 Å². The molecule has 1 fully saturated rings. The van der Waals surface area contributed by atoms with Gasteiger partial charge in [-0.05, 0) is 48.4 Å². The van der Waals surface area contributed by atoms with Crippen molar-refractivity contribution < 1.29 is 37.9 Å². The fourth-order valence-corrected chi connectivity index (χ4v) is 6.48. The van der Waals surface area contributed by atoms with Crippen molar-refractivity contribution in [3.05, 3.63) is 95.0 Å². The monoisotopic (exact) mass is 635 g/mol. The van der Waals surface area contributed by atoms with Crippen molar-refractivity contribution >= 4 is 53.4 Å². The van der Waals surface area contributed by atoms with E-state index in [2.05, 4.69) is 10.5 Å². The van der Waals surface area contributed by atoms with E-state index >= 15 is 0 Å². The van der Waals surface area contributed by atoms with Crippen molar-refractivity contribution in [2.75, 3.05) is 25.2 Å². The molecule has 0 radical (unpaired) electrons. The molecule has 5 rings (SSSR count). The normalized spacial score (nSPS) is 17.6. The number of fused-ring (bicyclic) bond motifs is 1. The van der Waals surface area contributed by atoms with Gasteiger partial charge in [-0.2, -0.15) is 0 Å². The first-order valence-electron chi connectivity index (χ1n) is 13.6. The Kier molecular flexibility index (Phi) is 10.1. The molecule has 2 atom stereocenters. The number of nitrogens with one attached hydrogen (secondary N) is 1. The van der Waals surface area contributed by atoms with Crippen LogP contribution in [0, 0.1) is 0 Å². The maximum Gasteiger partial charge on any atom is 0.360 e. The molecule has 2 aliphatic rings. The van der Waals surface area contributed by atoms with Crippen LogP contribution in [0.15, 0.2) is 87.4 Å². The molecule has 1 aromatic heterocycles. The van der Waals surface area contributed by atoms with E-state index in [9.17, 15) is 19.2 Å². The molecule has 0 saturated carbocycles. The van der Waals surface area contributed by atoms with Gasteiger partial charge in [-0.15, -0.1) is 23.5 Å². The Balaban J connectivity index is 1.32. The summed E-state index contributed by atoms with van der Waals surface area (Å²) in [6.07, 6.45) is 3.17. The number of amides is 2. The average molecular weight is 636 g/mol. The Labute approximate surface area is 262 Å². The van der Waals surface area contributed by atoms with Gasteiger partial charge >= 0.3 is 11.9 Å². The highest BCUT2D eigenvalue weighted by Crippen LogP contribution is 2.41. The number of rotatable bonds is 12. The maximum atomic E-state index is 13.5. The molecule has 1 N–H and O–H groups in total. The Morgan fingerprint density at radius 1 is 1.09 bits per heavy atom. The SMILES string of the molecule is CCOC(=O)c1cc(/C=C/C2=C(C(=O)OCc3ccc(OC)cc3)N3C(=O)[C@@H](NC(=O)CSc4ccccc4)C3SC2)on1. The van der Waals surface area contributed by atoms with Crippen LogP contribution in [0.5, 0.6) is 5.75 Å². The third-order valence-electron chi connectivity index (χ3n) is 6.61. The van der Waals surface area contributed by atoms with Gasteiger partial charge in [0.2, 0.25) is 5.91 Å². The number of carbonyl (C=O) groups is 4. The second-order valence-electron chi connectivity index (χ2n) is 9.52. The molecule has 2 aliphatic heterocycles. The number of thioether (sulfide) groups is 2. The second kappa shape index (κ2) is 14.3. The lowest BCUT2D eigenvalue weighted by Crippen LogP contribution is -2.70. The number of nitrogens with zero attached hydrogens (tertiary/aromatic N) is 2. The van der Waals surface area contributed by atoms with E-state index in [4.69, 9.17) is 18.7 Å². The number of ether oxygens (including phenoxy) is 3. The fraction of sp³-hybridized carbons (Fsp3) is 0.258. The summed E-state index contributed by atoms with van der Waals surface area (Å²) >= 11 is 2.79. The highest BCUT2D eigenvalue weighted by atomic mass is 32.2. The van der Waals surface area contributed by atoms with E-state index in [1.54, 1.807) is 50.5 Å². The van der Waals surface area contributed by atoms with Crippen LogP contribution >= 0.6 is 23.5 Å². The second-order valence-corrected chi connectivity index (χ2v) is 11.7. The van der Waals surface area contributed by atoms with Gasteiger partial charge in [0.15, 0.2) is 11.5 Å². The van der Waals surface area contributed by atoms with Crippen molar-refractivity contribution in [3.8, 4) is 5.75 Å². The minimum atomic E-state index is -0.778. The van der Waals surface area contributed by atoms with Crippen molar-refractivity contribution in [2.24, 2.45) is 0 Å². The number of allylic oxidation sites excluding steroid dienone is 1. The number of benzene rings is 2. The number of hydrogen-bond donors (Lipinski definition) is 1. The van der Waals surface area contributed by atoms with Gasteiger partial charge < -0.3 is 24.1 Å². The molecule has 1 unspecified atom stereocenters. The van der Waals surface area contributed by atoms with E-state index in [0.29, 0.717) is 17.1 Å². The zero-order chi connectivity index (χ0) is 31.1. The predicted molar refractivity (Wildman–Crippen MR) is 163 cm³/mol. The minimum absolute atomic E-state index is 0.0135. The van der Waals surface area contributed by atoms with Gasteiger partial charge in [-0.1, -0.05) is 41.6 Å². The van der Waals surface area contributed by atoms with E-state index in [1.165, 1.54) is 34.5 Å². The summed E-state index contributed by atoms with van der Waals surface area (Å²) in [5.74, 6) is -0.565. The van der Waals surface area contributed by atoms with Crippen LogP contribution in [0.4, 0.5) is 0 Å². The van der Waals surface area contributed by atoms with Crippen LogP contribution < -0.4 is 10.1 Å². The van der Waals surface area contributed by atoms with Crippen molar-refractivity contribution in [3.63, 3.8) is 0 Å². The molecule has 11 nitrogen and oxygen atoms in total. The van der Waals surface area contributed by atoms with E-state index in [-0.39, 0.29) is 42.0 Å². The zero-order valence-corrected chi connectivity index (χ0v) is 25.5. The van der Waals surface area contributed by atoms with Crippen LogP contribution in [0.3, 0.4) is 0 Å². The lowest BCUT2D eigenvalue weighted by atomic mass is 10.0. The van der Waals surface area contributed by atoms with Crippen LogP contribution in [0.1, 0.15) is 28.7 Å². The van der Waals surface area contributed by atoms with E-state index < -0.39 is 29.3 Å². The predicted octanol–water partition coefficient (Wildman–Crippen LogP) is 4.06. The largest absolute Gasteiger partial charge is 0.497 e. The van der Waals surface area contributed by atoms with Crippen molar-refractivity contribution in [1.82, 2.24) is 15.4 Å². The summed E-state index contributed by atoms with van der Waals surface area (Å²) < 4.78 is 21.0. The third kappa shape index (κ3) is 7.17. The smallest absolute Gasteiger partial charge is 0.360 e. The summed E-state index contributed by atoms with van der Waals surface area (Å²) in [5, 5.41) is 6.06. The zero-order valence-electron chi connectivity index (χ0n) is 23.9. The number of carbonyl (C=O) groups excluding carboxylic acids is 4. The Morgan fingerprint density at radius 2 is 1.86 bits per heavy atom.